The SMILES string of the molecule is COC1(O)C=CC=C(C)C1F. The van der Waals surface area contributed by atoms with Crippen LogP contribution in [0.1, 0.15) is 6.92 Å². The van der Waals surface area contributed by atoms with Gasteiger partial charge in [-0.25, -0.2) is 4.39 Å². The molecule has 0 aromatic rings. The Morgan fingerprint density at radius 2 is 2.36 bits per heavy atom. The Morgan fingerprint density at radius 3 is 2.82 bits per heavy atom. The van der Waals surface area contributed by atoms with Crippen molar-refractivity contribution in [1.82, 2.24) is 0 Å². The van der Waals surface area contributed by atoms with Gasteiger partial charge in [-0.2, -0.15) is 0 Å². The monoisotopic (exact) mass is 158 g/mol. The van der Waals surface area contributed by atoms with Gasteiger partial charge in [-0.05, 0) is 18.6 Å². The molecule has 1 aliphatic carbocycles. The average Bonchev–Trinajstić information content (AvgIpc) is 2.00. The van der Waals surface area contributed by atoms with E-state index in [1.807, 2.05) is 0 Å². The van der Waals surface area contributed by atoms with Crippen molar-refractivity contribution in [3.63, 3.8) is 0 Å². The van der Waals surface area contributed by atoms with E-state index in [1.54, 1.807) is 19.1 Å². The van der Waals surface area contributed by atoms with Gasteiger partial charge >= 0.3 is 0 Å². The molecule has 1 N–H and O–H groups in total. The van der Waals surface area contributed by atoms with Crippen LogP contribution in [0.15, 0.2) is 23.8 Å². The van der Waals surface area contributed by atoms with Gasteiger partial charge in [0.15, 0.2) is 6.17 Å². The molecular weight excluding hydrogens is 147 g/mol. The van der Waals surface area contributed by atoms with Crippen LogP contribution in [-0.4, -0.2) is 24.2 Å². The molecule has 0 spiro atoms. The van der Waals surface area contributed by atoms with Gasteiger partial charge in [0.2, 0.25) is 5.79 Å². The maximum absolute atomic E-state index is 13.1. The third-order valence-electron chi connectivity index (χ3n) is 1.78. The second-order valence-corrected chi connectivity index (χ2v) is 2.59. The number of hydrogen-bond donors (Lipinski definition) is 1. The van der Waals surface area contributed by atoms with Crippen LogP contribution in [0, 0.1) is 0 Å². The van der Waals surface area contributed by atoms with E-state index in [-0.39, 0.29) is 0 Å². The van der Waals surface area contributed by atoms with Crippen molar-refractivity contribution in [2.45, 2.75) is 18.9 Å². The van der Waals surface area contributed by atoms with Gasteiger partial charge in [-0.15, -0.1) is 0 Å². The maximum Gasteiger partial charge on any atom is 0.221 e. The number of methoxy groups -OCH3 is 1. The van der Waals surface area contributed by atoms with Crippen LogP contribution in [0.25, 0.3) is 0 Å². The molecule has 11 heavy (non-hydrogen) atoms. The van der Waals surface area contributed by atoms with Crippen molar-refractivity contribution >= 4 is 0 Å². The molecule has 0 radical (unpaired) electrons. The summed E-state index contributed by atoms with van der Waals surface area (Å²) in [6.07, 6.45) is 3.02. The van der Waals surface area contributed by atoms with Gasteiger partial charge < -0.3 is 9.84 Å². The summed E-state index contributed by atoms with van der Waals surface area (Å²) >= 11 is 0. The first-order chi connectivity index (χ1) is 5.10. The average molecular weight is 158 g/mol. The fourth-order valence-corrected chi connectivity index (χ4v) is 1.00. The Labute approximate surface area is 65.0 Å². The first kappa shape index (κ1) is 8.43. The second-order valence-electron chi connectivity index (χ2n) is 2.59. The highest BCUT2D eigenvalue weighted by molar-refractivity contribution is 5.26. The van der Waals surface area contributed by atoms with Crippen molar-refractivity contribution in [3.05, 3.63) is 23.8 Å². The normalized spacial score (nSPS) is 37.1. The minimum Gasteiger partial charge on any atom is -0.360 e. The van der Waals surface area contributed by atoms with Gasteiger partial charge in [-0.1, -0.05) is 12.2 Å². The molecule has 62 valence electrons. The lowest BCUT2D eigenvalue weighted by molar-refractivity contribution is -0.180. The van der Waals surface area contributed by atoms with Gasteiger partial charge in [-0.3, -0.25) is 0 Å². The molecule has 0 aromatic heterocycles. The quantitative estimate of drug-likeness (QED) is 0.580. The first-order valence-electron chi connectivity index (χ1n) is 3.38. The molecule has 2 atom stereocenters. The van der Waals surface area contributed by atoms with Crippen molar-refractivity contribution in [1.29, 1.82) is 0 Å². The summed E-state index contributed by atoms with van der Waals surface area (Å²) in [7, 11) is 1.27. The fourth-order valence-electron chi connectivity index (χ4n) is 1.00. The standard InChI is InChI=1S/C8H11FO2/c1-6-4-3-5-8(10,11-2)7(6)9/h3-5,7,10H,1-2H3. The minimum atomic E-state index is -1.77. The number of alkyl halides is 1. The summed E-state index contributed by atoms with van der Waals surface area (Å²) in [6.45, 7) is 1.61. The third kappa shape index (κ3) is 1.34. The molecule has 0 saturated carbocycles. The van der Waals surface area contributed by atoms with Crippen molar-refractivity contribution in [2.75, 3.05) is 7.11 Å². The molecule has 0 heterocycles. The van der Waals surface area contributed by atoms with Crippen LogP contribution in [0.5, 0.6) is 0 Å². The van der Waals surface area contributed by atoms with Gasteiger partial charge in [0, 0.05) is 7.11 Å². The molecule has 0 fully saturated rings. The Bertz CT molecular complexity index is 210. The van der Waals surface area contributed by atoms with Gasteiger partial charge in [0.1, 0.15) is 0 Å². The van der Waals surface area contributed by atoms with Crippen molar-refractivity contribution in [3.8, 4) is 0 Å². The Balaban J connectivity index is 2.88. The molecule has 3 heteroatoms. The fraction of sp³-hybridized carbons (Fsp3) is 0.500. The molecule has 1 aliphatic rings. The Kier molecular flexibility index (Phi) is 2.11. The van der Waals surface area contributed by atoms with E-state index in [9.17, 15) is 9.50 Å². The predicted octanol–water partition coefficient (Wildman–Crippen LogP) is 1.18. The first-order valence-corrected chi connectivity index (χ1v) is 3.38. The van der Waals surface area contributed by atoms with Crippen molar-refractivity contribution in [2.24, 2.45) is 0 Å². The van der Waals surface area contributed by atoms with Crippen LogP contribution >= 0.6 is 0 Å². The minimum absolute atomic E-state index is 0.469. The number of hydrogen-bond acceptors (Lipinski definition) is 2. The third-order valence-corrected chi connectivity index (χ3v) is 1.78. The number of ether oxygens (including phenoxy) is 1. The zero-order valence-electron chi connectivity index (χ0n) is 6.54. The highest BCUT2D eigenvalue weighted by Gasteiger charge is 2.37. The molecule has 0 saturated heterocycles. The Hall–Kier alpha value is -0.670. The van der Waals surface area contributed by atoms with E-state index in [4.69, 9.17) is 0 Å². The number of aliphatic hydroxyl groups is 1. The molecule has 0 bridgehead atoms. The summed E-state index contributed by atoms with van der Waals surface area (Å²) in [6, 6.07) is 0. The van der Waals surface area contributed by atoms with E-state index in [0.29, 0.717) is 5.57 Å². The second kappa shape index (κ2) is 2.75. The van der Waals surface area contributed by atoms with E-state index < -0.39 is 12.0 Å². The summed E-state index contributed by atoms with van der Waals surface area (Å²) in [5.41, 5.74) is 0.469. The highest BCUT2D eigenvalue weighted by atomic mass is 19.1. The van der Waals surface area contributed by atoms with Crippen LogP contribution < -0.4 is 0 Å². The zero-order valence-corrected chi connectivity index (χ0v) is 6.54. The van der Waals surface area contributed by atoms with E-state index in [1.165, 1.54) is 13.2 Å². The Morgan fingerprint density at radius 1 is 1.73 bits per heavy atom. The molecule has 0 aliphatic heterocycles. The van der Waals surface area contributed by atoms with Crippen LogP contribution in [-0.2, 0) is 4.74 Å². The number of halogens is 1. The lowest BCUT2D eigenvalue weighted by Gasteiger charge is -2.29. The number of rotatable bonds is 1. The van der Waals surface area contributed by atoms with E-state index in [2.05, 4.69) is 4.74 Å². The zero-order chi connectivity index (χ0) is 8.48. The summed E-state index contributed by atoms with van der Waals surface area (Å²) in [4.78, 5) is 0. The summed E-state index contributed by atoms with van der Waals surface area (Å²) in [5, 5.41) is 9.39. The van der Waals surface area contributed by atoms with E-state index >= 15 is 0 Å². The van der Waals surface area contributed by atoms with Gasteiger partial charge in [0.05, 0.1) is 0 Å². The molecule has 2 nitrogen and oxygen atoms in total. The maximum atomic E-state index is 13.1. The topological polar surface area (TPSA) is 29.5 Å². The molecule has 1 rings (SSSR count). The molecule has 0 aromatic carbocycles. The number of allylic oxidation sites excluding steroid dienone is 2. The molecular formula is C8H11FO2. The largest absolute Gasteiger partial charge is 0.360 e. The van der Waals surface area contributed by atoms with Crippen LogP contribution in [0.2, 0.25) is 0 Å². The highest BCUT2D eigenvalue weighted by Crippen LogP contribution is 2.26. The molecule has 2 unspecified atom stereocenters. The van der Waals surface area contributed by atoms with Gasteiger partial charge in [0.25, 0.3) is 0 Å². The lowest BCUT2D eigenvalue weighted by atomic mass is 9.99. The summed E-state index contributed by atoms with van der Waals surface area (Å²) < 4.78 is 17.7. The predicted molar refractivity (Wildman–Crippen MR) is 39.8 cm³/mol. The lowest BCUT2D eigenvalue weighted by Crippen LogP contribution is -2.41. The van der Waals surface area contributed by atoms with Crippen molar-refractivity contribution < 1.29 is 14.2 Å². The molecule has 0 amide bonds. The smallest absolute Gasteiger partial charge is 0.221 e. The van der Waals surface area contributed by atoms with Crippen LogP contribution in [0.4, 0.5) is 4.39 Å². The summed E-state index contributed by atoms with van der Waals surface area (Å²) in [5.74, 6) is -1.77. The van der Waals surface area contributed by atoms with E-state index in [0.717, 1.165) is 0 Å². The van der Waals surface area contributed by atoms with Crippen LogP contribution in [0.3, 0.4) is 0 Å².